The second kappa shape index (κ2) is 6.80. The van der Waals surface area contributed by atoms with E-state index in [9.17, 15) is 0 Å². The Morgan fingerprint density at radius 1 is 1.11 bits per heavy atom. The molecular weight excluding hydrogens is 238 g/mol. The molecule has 1 N–H and O–H groups in total. The average Bonchev–Trinajstić information content (AvgIpc) is 2.84. The predicted octanol–water partition coefficient (Wildman–Crippen LogP) is 3.23. The Bertz CT molecular complexity index is 383. The van der Waals surface area contributed by atoms with Gasteiger partial charge in [0.15, 0.2) is 0 Å². The van der Waals surface area contributed by atoms with Gasteiger partial charge in [0.05, 0.1) is 14.2 Å². The van der Waals surface area contributed by atoms with Crippen LogP contribution in [0.1, 0.15) is 31.7 Å². The highest BCUT2D eigenvalue weighted by Gasteiger charge is 2.22. The summed E-state index contributed by atoms with van der Waals surface area (Å²) in [6.45, 7) is 4.35. The van der Waals surface area contributed by atoms with E-state index in [0.29, 0.717) is 0 Å². The molecule has 1 aliphatic carbocycles. The molecule has 3 heteroatoms. The van der Waals surface area contributed by atoms with E-state index in [2.05, 4.69) is 24.4 Å². The maximum absolute atomic E-state index is 5.29. The van der Waals surface area contributed by atoms with Crippen LogP contribution in [0, 0.1) is 11.8 Å². The minimum atomic E-state index is 0.840. The van der Waals surface area contributed by atoms with Crippen molar-refractivity contribution in [2.24, 2.45) is 11.8 Å². The summed E-state index contributed by atoms with van der Waals surface area (Å²) in [5.41, 5.74) is 1.21. The van der Waals surface area contributed by atoms with Crippen LogP contribution in [0.15, 0.2) is 18.2 Å². The molecule has 0 spiro atoms. The monoisotopic (exact) mass is 263 g/mol. The van der Waals surface area contributed by atoms with Gasteiger partial charge in [-0.05, 0) is 42.5 Å². The highest BCUT2D eigenvalue weighted by Crippen LogP contribution is 2.30. The van der Waals surface area contributed by atoms with Gasteiger partial charge in [0.2, 0.25) is 0 Å². The van der Waals surface area contributed by atoms with E-state index < -0.39 is 0 Å². The first-order valence-electron chi connectivity index (χ1n) is 7.15. The number of ether oxygens (including phenoxy) is 2. The van der Waals surface area contributed by atoms with Crippen molar-refractivity contribution in [3.63, 3.8) is 0 Å². The third kappa shape index (κ3) is 3.87. The van der Waals surface area contributed by atoms with Crippen molar-refractivity contribution in [3.8, 4) is 11.5 Å². The number of methoxy groups -OCH3 is 2. The summed E-state index contributed by atoms with van der Waals surface area (Å²) in [5, 5.41) is 3.57. The van der Waals surface area contributed by atoms with Crippen molar-refractivity contribution in [1.29, 1.82) is 0 Å². The first-order chi connectivity index (χ1) is 9.22. The van der Waals surface area contributed by atoms with Gasteiger partial charge in [-0.2, -0.15) is 0 Å². The third-order valence-electron chi connectivity index (χ3n) is 4.19. The first-order valence-corrected chi connectivity index (χ1v) is 7.15. The Labute approximate surface area is 116 Å². The van der Waals surface area contributed by atoms with Gasteiger partial charge in [-0.3, -0.25) is 0 Å². The lowest BCUT2D eigenvalue weighted by molar-refractivity contribution is 0.386. The molecule has 3 nitrogen and oxygen atoms in total. The number of rotatable bonds is 6. The van der Waals surface area contributed by atoms with E-state index in [-0.39, 0.29) is 0 Å². The van der Waals surface area contributed by atoms with Gasteiger partial charge in [-0.25, -0.2) is 0 Å². The SMILES string of the molecule is COc1cc(CNCC2CCCC2C)cc(OC)c1. The summed E-state index contributed by atoms with van der Waals surface area (Å²) in [4.78, 5) is 0. The zero-order valence-corrected chi connectivity index (χ0v) is 12.2. The van der Waals surface area contributed by atoms with Gasteiger partial charge < -0.3 is 14.8 Å². The van der Waals surface area contributed by atoms with E-state index in [1.165, 1.54) is 24.8 Å². The van der Waals surface area contributed by atoms with Gasteiger partial charge in [-0.15, -0.1) is 0 Å². The van der Waals surface area contributed by atoms with Crippen LogP contribution in [0.4, 0.5) is 0 Å². The van der Waals surface area contributed by atoms with E-state index in [0.717, 1.165) is 36.4 Å². The minimum absolute atomic E-state index is 0.840. The quantitative estimate of drug-likeness (QED) is 0.854. The smallest absolute Gasteiger partial charge is 0.122 e. The van der Waals surface area contributed by atoms with Crippen LogP contribution in [-0.4, -0.2) is 20.8 Å². The lowest BCUT2D eigenvalue weighted by Gasteiger charge is -2.16. The zero-order valence-electron chi connectivity index (χ0n) is 12.2. The van der Waals surface area contributed by atoms with E-state index in [4.69, 9.17) is 9.47 Å². The highest BCUT2D eigenvalue weighted by atomic mass is 16.5. The number of benzene rings is 1. The van der Waals surface area contributed by atoms with Crippen LogP contribution >= 0.6 is 0 Å². The molecule has 2 unspecified atom stereocenters. The van der Waals surface area contributed by atoms with Crippen molar-refractivity contribution in [3.05, 3.63) is 23.8 Å². The molecule has 0 amide bonds. The molecule has 0 saturated heterocycles. The summed E-state index contributed by atoms with van der Waals surface area (Å²) in [6, 6.07) is 6.03. The summed E-state index contributed by atoms with van der Waals surface area (Å²) in [7, 11) is 3.37. The molecule has 0 radical (unpaired) electrons. The standard InChI is InChI=1S/C16H25NO2/c1-12-5-4-6-14(12)11-17-10-13-7-15(18-2)9-16(8-13)19-3/h7-9,12,14,17H,4-6,10-11H2,1-3H3. The van der Waals surface area contributed by atoms with Crippen LogP contribution in [-0.2, 0) is 6.54 Å². The molecule has 106 valence electrons. The molecule has 0 heterocycles. The second-order valence-corrected chi connectivity index (χ2v) is 5.52. The molecule has 0 bridgehead atoms. The summed E-state index contributed by atoms with van der Waals surface area (Å²) < 4.78 is 10.6. The molecule has 0 aromatic heterocycles. The molecule has 2 atom stereocenters. The van der Waals surface area contributed by atoms with Gasteiger partial charge in [0.1, 0.15) is 11.5 Å². The van der Waals surface area contributed by atoms with Crippen LogP contribution in [0.2, 0.25) is 0 Å². The topological polar surface area (TPSA) is 30.5 Å². The molecule has 1 saturated carbocycles. The van der Waals surface area contributed by atoms with Crippen molar-refractivity contribution >= 4 is 0 Å². The predicted molar refractivity (Wildman–Crippen MR) is 77.8 cm³/mol. The second-order valence-electron chi connectivity index (χ2n) is 5.52. The number of hydrogen-bond acceptors (Lipinski definition) is 3. The molecule has 19 heavy (non-hydrogen) atoms. The first kappa shape index (κ1) is 14.2. The molecule has 1 fully saturated rings. The third-order valence-corrected chi connectivity index (χ3v) is 4.19. The summed E-state index contributed by atoms with van der Waals surface area (Å²) in [6.07, 6.45) is 4.15. The molecule has 0 aliphatic heterocycles. The summed E-state index contributed by atoms with van der Waals surface area (Å²) >= 11 is 0. The number of hydrogen-bond donors (Lipinski definition) is 1. The average molecular weight is 263 g/mol. The van der Waals surface area contributed by atoms with Crippen molar-refractivity contribution in [2.75, 3.05) is 20.8 Å². The maximum atomic E-state index is 5.29. The lowest BCUT2D eigenvalue weighted by atomic mass is 9.98. The van der Waals surface area contributed by atoms with Crippen molar-refractivity contribution in [2.45, 2.75) is 32.7 Å². The molecule has 1 aromatic carbocycles. The van der Waals surface area contributed by atoms with Gasteiger partial charge >= 0.3 is 0 Å². The van der Waals surface area contributed by atoms with Gasteiger partial charge in [-0.1, -0.05) is 19.8 Å². The molecule has 2 rings (SSSR count). The van der Waals surface area contributed by atoms with E-state index in [1.54, 1.807) is 14.2 Å². The molecule has 1 aliphatic rings. The van der Waals surface area contributed by atoms with Crippen molar-refractivity contribution < 1.29 is 9.47 Å². The maximum Gasteiger partial charge on any atom is 0.122 e. The Balaban J connectivity index is 1.88. The van der Waals surface area contributed by atoms with Crippen LogP contribution < -0.4 is 14.8 Å². The normalized spacial score (nSPS) is 22.5. The zero-order chi connectivity index (χ0) is 13.7. The van der Waals surface area contributed by atoms with Crippen molar-refractivity contribution in [1.82, 2.24) is 5.32 Å². The van der Waals surface area contributed by atoms with E-state index in [1.807, 2.05) is 6.07 Å². The van der Waals surface area contributed by atoms with Crippen LogP contribution in [0.3, 0.4) is 0 Å². The number of nitrogens with one attached hydrogen (secondary N) is 1. The highest BCUT2D eigenvalue weighted by molar-refractivity contribution is 5.38. The molecular formula is C16H25NO2. The fraction of sp³-hybridized carbons (Fsp3) is 0.625. The van der Waals surface area contributed by atoms with Crippen LogP contribution in [0.5, 0.6) is 11.5 Å². The largest absolute Gasteiger partial charge is 0.497 e. The Kier molecular flexibility index (Phi) is 5.08. The fourth-order valence-corrected chi connectivity index (χ4v) is 2.90. The van der Waals surface area contributed by atoms with Gasteiger partial charge in [0.25, 0.3) is 0 Å². The fourth-order valence-electron chi connectivity index (χ4n) is 2.90. The Morgan fingerprint density at radius 2 is 1.79 bits per heavy atom. The lowest BCUT2D eigenvalue weighted by Crippen LogP contribution is -2.23. The summed E-state index contributed by atoms with van der Waals surface area (Å²) in [5.74, 6) is 3.41. The molecule has 1 aromatic rings. The minimum Gasteiger partial charge on any atom is -0.497 e. The van der Waals surface area contributed by atoms with E-state index >= 15 is 0 Å². The van der Waals surface area contributed by atoms with Gasteiger partial charge in [0, 0.05) is 12.6 Å². The van der Waals surface area contributed by atoms with Crippen LogP contribution in [0.25, 0.3) is 0 Å². The Hall–Kier alpha value is -1.22. The Morgan fingerprint density at radius 3 is 2.32 bits per heavy atom.